The molecule has 124 valence electrons. The fourth-order valence-electron chi connectivity index (χ4n) is 4.34. The van der Waals surface area contributed by atoms with E-state index in [1.165, 1.54) is 0 Å². The first kappa shape index (κ1) is 16.4. The molecule has 3 rings (SSSR count). The first-order valence-corrected chi connectivity index (χ1v) is 8.14. The molecule has 0 radical (unpaired) electrons. The van der Waals surface area contributed by atoms with Crippen LogP contribution in [0.25, 0.3) is 4.85 Å². The maximum absolute atomic E-state index is 12.7. The van der Waals surface area contributed by atoms with Crippen LogP contribution in [0.3, 0.4) is 0 Å². The number of pyridine rings is 1. The average Bonchev–Trinajstić information content (AvgIpc) is 2.58. The van der Waals surface area contributed by atoms with Crippen LogP contribution in [0.5, 0.6) is 0 Å². The first-order valence-electron chi connectivity index (χ1n) is 8.14. The van der Waals surface area contributed by atoms with Crippen molar-refractivity contribution in [3.63, 3.8) is 0 Å². The van der Waals surface area contributed by atoms with Crippen molar-refractivity contribution in [1.82, 2.24) is 9.88 Å². The van der Waals surface area contributed by atoms with Gasteiger partial charge in [0.15, 0.2) is 5.78 Å². The molecular weight excluding hydrogens is 302 g/mol. The number of ketones is 1. The quantitative estimate of drug-likeness (QED) is 0.747. The van der Waals surface area contributed by atoms with Crippen molar-refractivity contribution in [3.05, 3.63) is 53.3 Å². The Morgan fingerprint density at radius 2 is 2.17 bits per heavy atom. The van der Waals surface area contributed by atoms with Crippen LogP contribution in [-0.4, -0.2) is 34.7 Å². The maximum Gasteiger partial charge on any atom is 0.255 e. The molecule has 0 aromatic carbocycles. The van der Waals surface area contributed by atoms with Gasteiger partial charge in [0.1, 0.15) is 0 Å². The highest BCUT2D eigenvalue weighted by Crippen LogP contribution is 2.52. The molecule has 0 unspecified atom stereocenters. The Hall–Kier alpha value is -2.48. The molecule has 2 aliphatic rings. The molecule has 1 saturated heterocycles. The molecule has 1 aromatic heterocycles. The molecule has 1 aromatic rings. The SMILES string of the molecule is [C-]#[N+]C1=C[C@]2(C)CN(C(=O)c3cccnc3)CC[C@H]2C(C)(C)C1=O. The van der Waals surface area contributed by atoms with Gasteiger partial charge in [-0.3, -0.25) is 9.78 Å². The second-order valence-corrected chi connectivity index (χ2v) is 7.51. The molecule has 0 spiro atoms. The monoisotopic (exact) mass is 323 g/mol. The van der Waals surface area contributed by atoms with Crippen molar-refractivity contribution < 1.29 is 9.59 Å². The lowest BCUT2D eigenvalue weighted by Gasteiger charge is -2.53. The van der Waals surface area contributed by atoms with Crippen molar-refractivity contribution in [2.24, 2.45) is 16.7 Å². The fourth-order valence-corrected chi connectivity index (χ4v) is 4.34. The number of rotatable bonds is 1. The van der Waals surface area contributed by atoms with E-state index in [2.05, 4.69) is 16.8 Å². The van der Waals surface area contributed by atoms with Crippen LogP contribution < -0.4 is 0 Å². The van der Waals surface area contributed by atoms with Gasteiger partial charge >= 0.3 is 0 Å². The van der Waals surface area contributed by atoms with Gasteiger partial charge in [-0.15, -0.1) is 0 Å². The highest BCUT2D eigenvalue weighted by Gasteiger charge is 2.53. The minimum Gasteiger partial charge on any atom is -0.338 e. The first-order chi connectivity index (χ1) is 11.3. The van der Waals surface area contributed by atoms with Gasteiger partial charge < -0.3 is 9.69 Å². The number of hydrogen-bond donors (Lipinski definition) is 0. The predicted octanol–water partition coefficient (Wildman–Crippen LogP) is 2.96. The summed E-state index contributed by atoms with van der Waals surface area (Å²) in [7, 11) is 0. The third-order valence-electron chi connectivity index (χ3n) is 5.49. The lowest BCUT2D eigenvalue weighted by atomic mass is 9.55. The fraction of sp³-hybridized carbons (Fsp3) is 0.474. The largest absolute Gasteiger partial charge is 0.338 e. The number of Topliss-reactive ketones (excluding diaryl/α,β-unsaturated/α-hetero) is 1. The van der Waals surface area contributed by atoms with E-state index in [0.717, 1.165) is 6.42 Å². The average molecular weight is 323 g/mol. The lowest BCUT2D eigenvalue weighted by Crippen LogP contribution is -2.56. The van der Waals surface area contributed by atoms with E-state index in [1.807, 2.05) is 18.7 Å². The third kappa shape index (κ3) is 2.43. The zero-order chi connectivity index (χ0) is 17.5. The molecule has 5 nitrogen and oxygen atoms in total. The standard InChI is InChI=1S/C19H21N3O2/c1-18(2)15-7-9-22(17(24)13-6-5-8-21-11-13)12-19(15,3)10-14(20-4)16(18)23/h5-6,8,10-11,15H,7,9,12H2,1-3H3/t15-,19+/m0/s1. The van der Waals surface area contributed by atoms with E-state index < -0.39 is 5.41 Å². The number of carbonyl (C=O) groups is 2. The summed E-state index contributed by atoms with van der Waals surface area (Å²) >= 11 is 0. The Balaban J connectivity index is 1.94. The van der Waals surface area contributed by atoms with E-state index in [4.69, 9.17) is 6.57 Å². The molecule has 2 heterocycles. The van der Waals surface area contributed by atoms with Crippen LogP contribution in [0.2, 0.25) is 0 Å². The van der Waals surface area contributed by atoms with Gasteiger partial charge in [-0.25, -0.2) is 4.85 Å². The smallest absolute Gasteiger partial charge is 0.255 e. The zero-order valence-electron chi connectivity index (χ0n) is 14.2. The van der Waals surface area contributed by atoms with E-state index in [1.54, 1.807) is 30.6 Å². The summed E-state index contributed by atoms with van der Waals surface area (Å²) in [5.74, 6) is 0.00297. The van der Waals surface area contributed by atoms with E-state index in [0.29, 0.717) is 18.7 Å². The predicted molar refractivity (Wildman–Crippen MR) is 89.8 cm³/mol. The van der Waals surface area contributed by atoms with Gasteiger partial charge in [-0.2, -0.15) is 0 Å². The Bertz CT molecular complexity index is 761. The van der Waals surface area contributed by atoms with Crippen molar-refractivity contribution in [2.75, 3.05) is 13.1 Å². The Labute approximate surface area is 142 Å². The summed E-state index contributed by atoms with van der Waals surface area (Å²) in [6.07, 6.45) is 5.76. The Kier molecular flexibility index (Phi) is 3.79. The number of nitrogens with zero attached hydrogens (tertiary/aromatic N) is 3. The summed E-state index contributed by atoms with van der Waals surface area (Å²) in [5.41, 5.74) is -0.172. The number of likely N-dealkylation sites (tertiary alicyclic amines) is 1. The summed E-state index contributed by atoms with van der Waals surface area (Å²) in [4.78, 5) is 34.5. The Morgan fingerprint density at radius 1 is 1.42 bits per heavy atom. The molecule has 2 atom stereocenters. The van der Waals surface area contributed by atoms with Gasteiger partial charge in [-0.05, 0) is 29.9 Å². The number of hydrogen-bond acceptors (Lipinski definition) is 3. The normalized spacial score (nSPS) is 28.6. The number of carbonyl (C=O) groups excluding carboxylic acids is 2. The summed E-state index contributed by atoms with van der Waals surface area (Å²) in [5, 5.41) is 0. The molecule has 1 amide bonds. The molecule has 0 saturated carbocycles. The number of amides is 1. The highest BCUT2D eigenvalue weighted by atomic mass is 16.2. The van der Waals surface area contributed by atoms with Crippen molar-refractivity contribution in [1.29, 1.82) is 0 Å². The summed E-state index contributed by atoms with van der Waals surface area (Å²) in [6, 6.07) is 3.51. The van der Waals surface area contributed by atoms with Gasteiger partial charge in [0.2, 0.25) is 5.70 Å². The zero-order valence-corrected chi connectivity index (χ0v) is 14.2. The minimum atomic E-state index is -0.577. The van der Waals surface area contributed by atoms with Gasteiger partial charge in [0, 0.05) is 30.9 Å². The van der Waals surface area contributed by atoms with Crippen LogP contribution in [-0.2, 0) is 4.79 Å². The van der Waals surface area contributed by atoms with Crippen LogP contribution >= 0.6 is 0 Å². The molecular formula is C19H21N3O2. The maximum atomic E-state index is 12.7. The molecule has 1 aliphatic carbocycles. The van der Waals surface area contributed by atoms with E-state index in [9.17, 15) is 9.59 Å². The van der Waals surface area contributed by atoms with Crippen LogP contribution in [0.4, 0.5) is 0 Å². The molecule has 24 heavy (non-hydrogen) atoms. The molecule has 0 bridgehead atoms. The van der Waals surface area contributed by atoms with E-state index in [-0.39, 0.29) is 28.7 Å². The lowest BCUT2D eigenvalue weighted by molar-refractivity contribution is -0.131. The number of allylic oxidation sites excluding steroid dienone is 1. The number of piperidine rings is 1. The molecule has 5 heteroatoms. The molecule has 0 N–H and O–H groups in total. The van der Waals surface area contributed by atoms with E-state index >= 15 is 0 Å². The van der Waals surface area contributed by atoms with Crippen molar-refractivity contribution in [3.8, 4) is 0 Å². The topological polar surface area (TPSA) is 54.6 Å². The van der Waals surface area contributed by atoms with Crippen molar-refractivity contribution in [2.45, 2.75) is 27.2 Å². The summed E-state index contributed by atoms with van der Waals surface area (Å²) < 4.78 is 0. The second-order valence-electron chi connectivity index (χ2n) is 7.51. The Morgan fingerprint density at radius 3 is 2.79 bits per heavy atom. The molecule has 1 aliphatic heterocycles. The minimum absolute atomic E-state index is 0.0461. The van der Waals surface area contributed by atoms with Gasteiger partial charge in [0.25, 0.3) is 5.91 Å². The number of fused-ring (bicyclic) bond motifs is 1. The van der Waals surface area contributed by atoms with Crippen molar-refractivity contribution >= 4 is 11.7 Å². The van der Waals surface area contributed by atoms with Crippen LogP contribution in [0.15, 0.2) is 36.3 Å². The van der Waals surface area contributed by atoms with Gasteiger partial charge in [-0.1, -0.05) is 26.8 Å². The highest BCUT2D eigenvalue weighted by molar-refractivity contribution is 6.02. The second kappa shape index (κ2) is 5.55. The van der Waals surface area contributed by atoms with Crippen LogP contribution in [0.1, 0.15) is 37.6 Å². The number of aromatic nitrogens is 1. The summed E-state index contributed by atoms with van der Waals surface area (Å²) in [6.45, 7) is 14.4. The van der Waals surface area contributed by atoms with Crippen LogP contribution in [0, 0.1) is 23.3 Å². The third-order valence-corrected chi connectivity index (χ3v) is 5.49. The molecule has 1 fully saturated rings. The van der Waals surface area contributed by atoms with Gasteiger partial charge in [0.05, 0.1) is 12.1 Å².